The maximum atomic E-state index is 12.5. The van der Waals surface area contributed by atoms with Crippen molar-refractivity contribution in [2.24, 2.45) is 5.92 Å². The quantitative estimate of drug-likeness (QED) is 0.773. The highest BCUT2D eigenvalue weighted by atomic mass is 16.3. The molecule has 0 aliphatic carbocycles. The molecule has 0 aromatic carbocycles. The summed E-state index contributed by atoms with van der Waals surface area (Å²) in [5.74, 6) is 1.08. The van der Waals surface area contributed by atoms with Crippen LogP contribution in [0.2, 0.25) is 0 Å². The molecule has 1 aromatic heterocycles. The summed E-state index contributed by atoms with van der Waals surface area (Å²) in [6.07, 6.45) is 6.88. The van der Waals surface area contributed by atoms with E-state index in [1.807, 2.05) is 12.1 Å². The van der Waals surface area contributed by atoms with E-state index in [0.29, 0.717) is 18.0 Å². The van der Waals surface area contributed by atoms with Crippen LogP contribution in [0.4, 0.5) is 5.82 Å². The van der Waals surface area contributed by atoms with Gasteiger partial charge in [0.05, 0.1) is 5.56 Å². The summed E-state index contributed by atoms with van der Waals surface area (Å²) < 4.78 is 0. The normalized spacial score (nSPS) is 15.8. The molecule has 1 atom stereocenters. The van der Waals surface area contributed by atoms with Gasteiger partial charge in [0.2, 0.25) is 0 Å². The van der Waals surface area contributed by atoms with Crippen LogP contribution in [0, 0.1) is 5.92 Å². The molecule has 1 aliphatic heterocycles. The first-order valence-electron chi connectivity index (χ1n) is 8.35. The Bertz CT molecular complexity index is 467. The molecule has 2 rings (SSSR count). The molecular formula is C17H27N3O2. The summed E-state index contributed by atoms with van der Waals surface area (Å²) in [5, 5.41) is 12.1. The SMILES string of the molecule is CCCC(CCO)CNC(=O)c1cccnc1N1CCCC1. The lowest BCUT2D eigenvalue weighted by atomic mass is 10.00. The van der Waals surface area contributed by atoms with E-state index in [9.17, 15) is 4.79 Å². The van der Waals surface area contributed by atoms with Gasteiger partial charge in [-0.25, -0.2) is 4.98 Å². The van der Waals surface area contributed by atoms with Crippen LogP contribution in [0.25, 0.3) is 0 Å². The molecule has 2 heterocycles. The van der Waals surface area contributed by atoms with Crippen molar-refractivity contribution in [2.45, 2.75) is 39.0 Å². The Morgan fingerprint density at radius 1 is 1.41 bits per heavy atom. The Kier molecular flexibility index (Phi) is 6.65. The number of hydrogen-bond acceptors (Lipinski definition) is 4. The molecule has 5 heteroatoms. The number of nitrogens with one attached hydrogen (secondary N) is 1. The minimum atomic E-state index is -0.0611. The minimum absolute atomic E-state index is 0.0611. The number of carbonyl (C=O) groups is 1. The van der Waals surface area contributed by atoms with E-state index in [-0.39, 0.29) is 12.5 Å². The van der Waals surface area contributed by atoms with E-state index in [2.05, 4.69) is 22.1 Å². The smallest absolute Gasteiger partial charge is 0.255 e. The Morgan fingerprint density at radius 2 is 2.18 bits per heavy atom. The number of amides is 1. The van der Waals surface area contributed by atoms with Gasteiger partial charge < -0.3 is 15.3 Å². The molecule has 0 spiro atoms. The van der Waals surface area contributed by atoms with Crippen LogP contribution < -0.4 is 10.2 Å². The second kappa shape index (κ2) is 8.73. The van der Waals surface area contributed by atoms with Crippen molar-refractivity contribution in [1.82, 2.24) is 10.3 Å². The topological polar surface area (TPSA) is 65.5 Å². The van der Waals surface area contributed by atoms with Gasteiger partial charge in [0.25, 0.3) is 5.91 Å². The highest BCUT2D eigenvalue weighted by Crippen LogP contribution is 2.22. The van der Waals surface area contributed by atoms with E-state index >= 15 is 0 Å². The van der Waals surface area contributed by atoms with Crippen molar-refractivity contribution >= 4 is 11.7 Å². The van der Waals surface area contributed by atoms with E-state index in [1.54, 1.807) is 6.20 Å². The Morgan fingerprint density at radius 3 is 2.86 bits per heavy atom. The molecule has 0 bridgehead atoms. The minimum Gasteiger partial charge on any atom is -0.396 e. The van der Waals surface area contributed by atoms with Crippen molar-refractivity contribution in [1.29, 1.82) is 0 Å². The van der Waals surface area contributed by atoms with Gasteiger partial charge in [-0.1, -0.05) is 13.3 Å². The van der Waals surface area contributed by atoms with E-state index < -0.39 is 0 Å². The predicted octanol–water partition coefficient (Wildman–Crippen LogP) is 2.21. The van der Waals surface area contributed by atoms with Crippen LogP contribution in [0.15, 0.2) is 18.3 Å². The van der Waals surface area contributed by atoms with Gasteiger partial charge in [0, 0.05) is 32.4 Å². The zero-order chi connectivity index (χ0) is 15.8. The Balaban J connectivity index is 1.99. The molecule has 0 saturated carbocycles. The van der Waals surface area contributed by atoms with Crippen molar-refractivity contribution in [3.05, 3.63) is 23.9 Å². The van der Waals surface area contributed by atoms with Gasteiger partial charge in [0.15, 0.2) is 0 Å². The molecule has 2 N–H and O–H groups in total. The van der Waals surface area contributed by atoms with Gasteiger partial charge in [-0.2, -0.15) is 0 Å². The van der Waals surface area contributed by atoms with Crippen LogP contribution in [-0.2, 0) is 0 Å². The maximum Gasteiger partial charge on any atom is 0.255 e. The third kappa shape index (κ3) is 4.44. The summed E-state index contributed by atoms with van der Waals surface area (Å²) in [4.78, 5) is 19.1. The van der Waals surface area contributed by atoms with Gasteiger partial charge in [-0.05, 0) is 43.7 Å². The second-order valence-corrected chi connectivity index (χ2v) is 5.95. The number of aromatic nitrogens is 1. The Hall–Kier alpha value is -1.62. The maximum absolute atomic E-state index is 12.5. The zero-order valence-corrected chi connectivity index (χ0v) is 13.4. The lowest BCUT2D eigenvalue weighted by Crippen LogP contribution is -2.32. The fraction of sp³-hybridized carbons (Fsp3) is 0.647. The molecule has 1 amide bonds. The molecule has 1 saturated heterocycles. The van der Waals surface area contributed by atoms with Crippen LogP contribution in [0.1, 0.15) is 49.4 Å². The molecule has 1 fully saturated rings. The Labute approximate surface area is 132 Å². The number of aliphatic hydroxyl groups excluding tert-OH is 1. The second-order valence-electron chi connectivity index (χ2n) is 5.95. The van der Waals surface area contributed by atoms with Crippen molar-refractivity contribution in [3.8, 4) is 0 Å². The van der Waals surface area contributed by atoms with Crippen LogP contribution in [0.5, 0.6) is 0 Å². The van der Waals surface area contributed by atoms with Crippen LogP contribution in [0.3, 0.4) is 0 Å². The van der Waals surface area contributed by atoms with Gasteiger partial charge in [-0.3, -0.25) is 4.79 Å². The van der Waals surface area contributed by atoms with Crippen molar-refractivity contribution in [3.63, 3.8) is 0 Å². The molecule has 22 heavy (non-hydrogen) atoms. The first-order valence-corrected chi connectivity index (χ1v) is 8.35. The van der Waals surface area contributed by atoms with Crippen molar-refractivity contribution in [2.75, 3.05) is 31.1 Å². The summed E-state index contributed by atoms with van der Waals surface area (Å²) in [6.45, 7) is 4.85. The third-order valence-electron chi connectivity index (χ3n) is 4.22. The fourth-order valence-electron chi connectivity index (χ4n) is 3.03. The van der Waals surface area contributed by atoms with Gasteiger partial charge in [-0.15, -0.1) is 0 Å². The largest absolute Gasteiger partial charge is 0.396 e. The number of pyridine rings is 1. The number of carbonyl (C=O) groups excluding carboxylic acids is 1. The van der Waals surface area contributed by atoms with E-state index in [0.717, 1.165) is 51.0 Å². The number of nitrogens with zero attached hydrogens (tertiary/aromatic N) is 2. The van der Waals surface area contributed by atoms with E-state index in [4.69, 9.17) is 5.11 Å². The first kappa shape index (κ1) is 16.7. The summed E-state index contributed by atoms with van der Waals surface area (Å²) in [5.41, 5.74) is 0.656. The molecule has 5 nitrogen and oxygen atoms in total. The standard InChI is InChI=1S/C17H27N3O2/c1-2-6-14(8-12-21)13-19-17(22)15-7-5-9-18-16(15)20-10-3-4-11-20/h5,7,9,14,21H,2-4,6,8,10-13H2,1H3,(H,19,22). The molecule has 0 radical (unpaired) electrons. The summed E-state index contributed by atoms with van der Waals surface area (Å²) in [6, 6.07) is 3.66. The molecule has 1 aliphatic rings. The highest BCUT2D eigenvalue weighted by Gasteiger charge is 2.20. The molecule has 1 aromatic rings. The predicted molar refractivity (Wildman–Crippen MR) is 88.1 cm³/mol. The third-order valence-corrected chi connectivity index (χ3v) is 4.22. The zero-order valence-electron chi connectivity index (χ0n) is 13.4. The van der Waals surface area contributed by atoms with Crippen LogP contribution >= 0.6 is 0 Å². The number of aliphatic hydroxyl groups is 1. The monoisotopic (exact) mass is 305 g/mol. The van der Waals surface area contributed by atoms with E-state index in [1.165, 1.54) is 0 Å². The van der Waals surface area contributed by atoms with Crippen LogP contribution in [-0.4, -0.2) is 42.2 Å². The fourth-order valence-corrected chi connectivity index (χ4v) is 3.03. The number of hydrogen-bond donors (Lipinski definition) is 2. The molecule has 1 unspecified atom stereocenters. The average Bonchev–Trinajstić information content (AvgIpc) is 3.07. The van der Waals surface area contributed by atoms with Gasteiger partial charge >= 0.3 is 0 Å². The molecular weight excluding hydrogens is 278 g/mol. The highest BCUT2D eigenvalue weighted by molar-refractivity contribution is 5.98. The lowest BCUT2D eigenvalue weighted by Gasteiger charge is -2.20. The first-order chi connectivity index (χ1) is 10.8. The lowest BCUT2D eigenvalue weighted by molar-refractivity contribution is 0.0943. The van der Waals surface area contributed by atoms with Gasteiger partial charge in [0.1, 0.15) is 5.82 Å². The summed E-state index contributed by atoms with van der Waals surface area (Å²) >= 11 is 0. The molecule has 122 valence electrons. The van der Waals surface area contributed by atoms with Crippen molar-refractivity contribution < 1.29 is 9.90 Å². The number of anilines is 1. The average molecular weight is 305 g/mol. The number of rotatable bonds is 8. The summed E-state index contributed by atoms with van der Waals surface area (Å²) in [7, 11) is 0.